The molecule has 134 valence electrons. The number of allylic oxidation sites excluding steroid dienone is 1. The van der Waals surface area contributed by atoms with E-state index in [9.17, 15) is 4.79 Å². The summed E-state index contributed by atoms with van der Waals surface area (Å²) in [6.07, 6.45) is 13.6. The van der Waals surface area contributed by atoms with Crippen LogP contribution in [0.15, 0.2) is 30.4 Å². The largest absolute Gasteiger partial charge is 0.335 e. The van der Waals surface area contributed by atoms with Crippen molar-refractivity contribution in [3.63, 3.8) is 0 Å². The average Bonchev–Trinajstić information content (AvgIpc) is 3.11. The van der Waals surface area contributed by atoms with Crippen LogP contribution in [0.1, 0.15) is 52.9 Å². The standard InChI is InChI=1S/C19H32N4O/c1-4-16(3)17-6-5-7-18(12-17)22-19(24)21-13-15(2)8-10-23-11-9-20-14-23/h8-9,11,14,16-18H,4-7,10,12-13H2,1-3H3,(H2,21,22,24)/b15-8+. The summed E-state index contributed by atoms with van der Waals surface area (Å²) in [7, 11) is 0. The van der Waals surface area contributed by atoms with Crippen LogP contribution in [0, 0.1) is 11.8 Å². The molecule has 1 aliphatic carbocycles. The first-order valence-corrected chi connectivity index (χ1v) is 9.24. The van der Waals surface area contributed by atoms with Crippen molar-refractivity contribution >= 4 is 6.03 Å². The molecule has 5 nitrogen and oxygen atoms in total. The monoisotopic (exact) mass is 332 g/mol. The van der Waals surface area contributed by atoms with Gasteiger partial charge in [-0.05, 0) is 31.6 Å². The van der Waals surface area contributed by atoms with E-state index >= 15 is 0 Å². The minimum Gasteiger partial charge on any atom is -0.335 e. The molecule has 1 aromatic heterocycles. The maximum atomic E-state index is 12.1. The molecule has 5 heteroatoms. The number of amides is 2. The number of nitrogens with zero attached hydrogens (tertiary/aromatic N) is 2. The highest BCUT2D eigenvalue weighted by molar-refractivity contribution is 5.74. The molecular formula is C19H32N4O. The second kappa shape index (κ2) is 9.50. The molecule has 1 aliphatic rings. The number of imidazole rings is 1. The lowest BCUT2D eigenvalue weighted by Gasteiger charge is -2.33. The Labute approximate surface area is 145 Å². The molecule has 2 amide bonds. The zero-order valence-electron chi connectivity index (χ0n) is 15.3. The molecule has 0 radical (unpaired) electrons. The van der Waals surface area contributed by atoms with Crippen molar-refractivity contribution in [2.45, 2.75) is 65.5 Å². The van der Waals surface area contributed by atoms with Gasteiger partial charge in [0.2, 0.25) is 0 Å². The first kappa shape index (κ1) is 18.6. The Morgan fingerprint density at radius 2 is 2.29 bits per heavy atom. The van der Waals surface area contributed by atoms with Gasteiger partial charge in [-0.1, -0.05) is 44.8 Å². The fourth-order valence-electron chi connectivity index (χ4n) is 3.39. The number of aromatic nitrogens is 2. The number of hydrogen-bond acceptors (Lipinski definition) is 2. The van der Waals surface area contributed by atoms with E-state index in [-0.39, 0.29) is 6.03 Å². The minimum atomic E-state index is -0.0415. The van der Waals surface area contributed by atoms with Crippen molar-refractivity contribution in [3.8, 4) is 0 Å². The Kier molecular flexibility index (Phi) is 7.35. The van der Waals surface area contributed by atoms with Gasteiger partial charge in [0.1, 0.15) is 0 Å². The highest BCUT2D eigenvalue weighted by Crippen LogP contribution is 2.31. The molecular weight excluding hydrogens is 300 g/mol. The second-order valence-corrected chi connectivity index (χ2v) is 7.15. The molecule has 0 aromatic carbocycles. The van der Waals surface area contributed by atoms with Crippen molar-refractivity contribution in [2.24, 2.45) is 11.8 Å². The molecule has 2 N–H and O–H groups in total. The summed E-state index contributed by atoms with van der Waals surface area (Å²) in [5, 5.41) is 6.14. The zero-order valence-corrected chi connectivity index (χ0v) is 15.3. The van der Waals surface area contributed by atoms with Gasteiger partial charge in [-0.2, -0.15) is 0 Å². The molecule has 24 heavy (non-hydrogen) atoms. The van der Waals surface area contributed by atoms with E-state index in [4.69, 9.17) is 0 Å². The lowest BCUT2D eigenvalue weighted by molar-refractivity contribution is 0.205. The summed E-state index contributed by atoms with van der Waals surface area (Å²) in [5.74, 6) is 1.51. The third-order valence-corrected chi connectivity index (χ3v) is 5.24. The van der Waals surface area contributed by atoms with Gasteiger partial charge in [0.15, 0.2) is 0 Å². The lowest BCUT2D eigenvalue weighted by Crippen LogP contribution is -2.45. The fraction of sp³-hybridized carbons (Fsp3) is 0.684. The highest BCUT2D eigenvalue weighted by Gasteiger charge is 2.26. The van der Waals surface area contributed by atoms with E-state index in [1.54, 1.807) is 12.5 Å². The van der Waals surface area contributed by atoms with Gasteiger partial charge in [0, 0.05) is 31.5 Å². The third kappa shape index (κ3) is 6.02. The van der Waals surface area contributed by atoms with Crippen molar-refractivity contribution in [1.29, 1.82) is 0 Å². The van der Waals surface area contributed by atoms with Crippen LogP contribution in [-0.4, -0.2) is 28.2 Å². The van der Waals surface area contributed by atoms with Crippen molar-refractivity contribution in [2.75, 3.05) is 6.54 Å². The average molecular weight is 332 g/mol. The smallest absolute Gasteiger partial charge is 0.315 e. The molecule has 3 unspecified atom stereocenters. The van der Waals surface area contributed by atoms with Gasteiger partial charge in [0.25, 0.3) is 0 Å². The molecule has 1 heterocycles. The van der Waals surface area contributed by atoms with E-state index in [2.05, 4.69) is 35.5 Å². The van der Waals surface area contributed by atoms with E-state index in [1.165, 1.54) is 19.3 Å². The molecule has 0 spiro atoms. The van der Waals surface area contributed by atoms with Crippen LogP contribution in [0.5, 0.6) is 0 Å². The zero-order chi connectivity index (χ0) is 17.4. The first-order valence-electron chi connectivity index (χ1n) is 9.24. The van der Waals surface area contributed by atoms with E-state index in [1.807, 2.05) is 17.7 Å². The number of carbonyl (C=O) groups excluding carboxylic acids is 1. The summed E-state index contributed by atoms with van der Waals surface area (Å²) in [6, 6.07) is 0.285. The predicted octanol–water partition coefficient (Wildman–Crippen LogP) is 3.73. The van der Waals surface area contributed by atoms with Crippen LogP contribution in [0.4, 0.5) is 4.79 Å². The predicted molar refractivity (Wildman–Crippen MR) is 97.7 cm³/mol. The van der Waals surface area contributed by atoms with Crippen LogP contribution >= 0.6 is 0 Å². The van der Waals surface area contributed by atoms with E-state index < -0.39 is 0 Å². The summed E-state index contributed by atoms with van der Waals surface area (Å²) in [4.78, 5) is 16.1. The molecule has 1 aromatic rings. The number of rotatable bonds is 7. The van der Waals surface area contributed by atoms with E-state index in [0.29, 0.717) is 12.6 Å². The molecule has 1 saturated carbocycles. The Balaban J connectivity index is 1.69. The maximum Gasteiger partial charge on any atom is 0.315 e. The fourth-order valence-corrected chi connectivity index (χ4v) is 3.39. The van der Waals surface area contributed by atoms with Crippen LogP contribution in [0.3, 0.4) is 0 Å². The number of nitrogens with one attached hydrogen (secondary N) is 2. The van der Waals surface area contributed by atoms with Gasteiger partial charge in [-0.15, -0.1) is 0 Å². The molecule has 0 aliphatic heterocycles. The number of hydrogen-bond donors (Lipinski definition) is 2. The van der Waals surface area contributed by atoms with Crippen molar-refractivity contribution in [1.82, 2.24) is 20.2 Å². The summed E-state index contributed by atoms with van der Waals surface area (Å²) in [5.41, 5.74) is 1.15. The normalized spacial score (nSPS) is 22.9. The molecule has 1 fully saturated rings. The summed E-state index contributed by atoms with van der Waals surface area (Å²) in [6.45, 7) is 8.00. The quantitative estimate of drug-likeness (QED) is 0.747. The third-order valence-electron chi connectivity index (χ3n) is 5.24. The van der Waals surface area contributed by atoms with Gasteiger partial charge < -0.3 is 15.2 Å². The Hall–Kier alpha value is -1.78. The minimum absolute atomic E-state index is 0.0415. The van der Waals surface area contributed by atoms with Crippen LogP contribution in [0.2, 0.25) is 0 Å². The SMILES string of the molecule is CCC(C)C1CCCC(NC(=O)NC/C(C)=C/Cn2ccnc2)C1. The van der Waals surface area contributed by atoms with Crippen molar-refractivity contribution < 1.29 is 4.79 Å². The Bertz CT molecular complexity index is 523. The van der Waals surface area contributed by atoms with Gasteiger partial charge >= 0.3 is 6.03 Å². The molecule has 0 saturated heterocycles. The van der Waals surface area contributed by atoms with E-state index in [0.717, 1.165) is 36.8 Å². The second-order valence-electron chi connectivity index (χ2n) is 7.15. The van der Waals surface area contributed by atoms with Crippen LogP contribution < -0.4 is 10.6 Å². The van der Waals surface area contributed by atoms with Gasteiger partial charge in [-0.3, -0.25) is 0 Å². The Morgan fingerprint density at radius 3 is 3.00 bits per heavy atom. The van der Waals surface area contributed by atoms with Crippen LogP contribution in [-0.2, 0) is 6.54 Å². The molecule has 2 rings (SSSR count). The molecule has 0 bridgehead atoms. The summed E-state index contributed by atoms with van der Waals surface area (Å²) < 4.78 is 2.00. The topological polar surface area (TPSA) is 59.0 Å². The van der Waals surface area contributed by atoms with Crippen LogP contribution in [0.25, 0.3) is 0 Å². The summed E-state index contributed by atoms with van der Waals surface area (Å²) >= 11 is 0. The molecule has 3 atom stereocenters. The van der Waals surface area contributed by atoms with Gasteiger partial charge in [0.05, 0.1) is 6.33 Å². The lowest BCUT2D eigenvalue weighted by atomic mass is 9.77. The number of urea groups is 1. The number of carbonyl (C=O) groups is 1. The van der Waals surface area contributed by atoms with Crippen molar-refractivity contribution in [3.05, 3.63) is 30.4 Å². The first-order chi connectivity index (χ1) is 11.6. The Morgan fingerprint density at radius 1 is 1.46 bits per heavy atom. The highest BCUT2D eigenvalue weighted by atomic mass is 16.2. The van der Waals surface area contributed by atoms with Gasteiger partial charge in [-0.25, -0.2) is 9.78 Å². The maximum absolute atomic E-state index is 12.1.